The van der Waals surface area contributed by atoms with Gasteiger partial charge in [-0.05, 0) is 64.8 Å². The fourth-order valence-corrected chi connectivity index (χ4v) is 2.23. The van der Waals surface area contributed by atoms with Gasteiger partial charge in [-0.15, -0.1) is 0 Å². The highest BCUT2D eigenvalue weighted by atomic mass is 79.9. The number of hydrogen-bond donors (Lipinski definition) is 1. The number of nitrogens with two attached hydrogens (primary N) is 1. The highest BCUT2D eigenvalue weighted by Gasteiger charge is 2.11. The van der Waals surface area contributed by atoms with Gasteiger partial charge >= 0.3 is 0 Å². The Hall–Kier alpha value is -0.410. The summed E-state index contributed by atoms with van der Waals surface area (Å²) in [5.41, 5.74) is 7.43. The van der Waals surface area contributed by atoms with E-state index in [1.165, 1.54) is 5.56 Å². The lowest BCUT2D eigenvalue weighted by Gasteiger charge is -2.11. The summed E-state index contributed by atoms with van der Waals surface area (Å²) in [5, 5.41) is 0. The maximum atomic E-state index is 13.8. The lowest BCUT2D eigenvalue weighted by atomic mass is 9.98. The summed E-state index contributed by atoms with van der Waals surface area (Å²) in [7, 11) is 0. The van der Waals surface area contributed by atoms with E-state index in [0.717, 1.165) is 31.4 Å². The van der Waals surface area contributed by atoms with Crippen LogP contribution in [0.2, 0.25) is 0 Å². The Morgan fingerprint density at radius 1 is 1.31 bits per heavy atom. The van der Waals surface area contributed by atoms with Crippen LogP contribution in [0.25, 0.3) is 0 Å². The van der Waals surface area contributed by atoms with E-state index in [2.05, 4.69) is 15.9 Å². The van der Waals surface area contributed by atoms with Gasteiger partial charge in [-0.3, -0.25) is 0 Å². The van der Waals surface area contributed by atoms with Crippen LogP contribution >= 0.6 is 15.9 Å². The van der Waals surface area contributed by atoms with Gasteiger partial charge in [0.25, 0.3) is 0 Å². The Morgan fingerprint density at radius 3 is 2.56 bits per heavy atom. The molecule has 0 fully saturated rings. The first-order valence-electron chi connectivity index (χ1n) is 5.74. The van der Waals surface area contributed by atoms with Crippen LogP contribution in [0.15, 0.2) is 16.6 Å². The molecule has 0 amide bonds. The number of unbranched alkanes of at least 4 members (excludes halogenated alkanes) is 1. The zero-order valence-corrected chi connectivity index (χ0v) is 11.5. The molecule has 0 saturated carbocycles. The molecule has 0 saturated heterocycles. The largest absolute Gasteiger partial charge is 0.330 e. The van der Waals surface area contributed by atoms with E-state index >= 15 is 0 Å². The van der Waals surface area contributed by atoms with Crippen molar-refractivity contribution >= 4 is 15.9 Å². The van der Waals surface area contributed by atoms with Crippen molar-refractivity contribution in [3.63, 3.8) is 0 Å². The van der Waals surface area contributed by atoms with Crippen molar-refractivity contribution in [2.24, 2.45) is 5.73 Å². The molecule has 1 rings (SSSR count). The molecule has 3 heteroatoms. The molecule has 0 aliphatic rings. The summed E-state index contributed by atoms with van der Waals surface area (Å²) < 4.78 is 14.3. The number of hydrogen-bond acceptors (Lipinski definition) is 1. The second-order valence-electron chi connectivity index (χ2n) is 4.38. The Bertz CT molecular complexity index is 350. The van der Waals surface area contributed by atoms with Crippen LogP contribution in [0.1, 0.15) is 43.7 Å². The van der Waals surface area contributed by atoms with Gasteiger partial charge in [0.05, 0.1) is 4.47 Å². The summed E-state index contributed by atoms with van der Waals surface area (Å²) in [6, 6.07) is 3.85. The normalized spacial score (nSPS) is 11.1. The Morgan fingerprint density at radius 2 is 2.00 bits per heavy atom. The van der Waals surface area contributed by atoms with Crippen LogP contribution in [0.4, 0.5) is 4.39 Å². The fourth-order valence-electron chi connectivity index (χ4n) is 1.71. The third-order valence-electron chi connectivity index (χ3n) is 2.66. The minimum Gasteiger partial charge on any atom is -0.330 e. The molecule has 0 atom stereocenters. The van der Waals surface area contributed by atoms with Crippen LogP contribution in [0, 0.1) is 5.82 Å². The number of halogens is 2. The lowest BCUT2D eigenvalue weighted by molar-refractivity contribution is 0.590. The summed E-state index contributed by atoms with van der Waals surface area (Å²) in [5.74, 6) is 0.0864. The van der Waals surface area contributed by atoms with Crippen molar-refractivity contribution in [3.8, 4) is 0 Å². The fraction of sp³-hybridized carbons (Fsp3) is 0.538. The van der Waals surface area contributed by atoms with Crippen LogP contribution in [-0.4, -0.2) is 6.54 Å². The second-order valence-corrected chi connectivity index (χ2v) is 5.24. The zero-order valence-electron chi connectivity index (χ0n) is 9.89. The van der Waals surface area contributed by atoms with E-state index in [1.807, 2.05) is 26.0 Å². The Labute approximate surface area is 105 Å². The van der Waals surface area contributed by atoms with E-state index in [9.17, 15) is 4.39 Å². The van der Waals surface area contributed by atoms with Crippen molar-refractivity contribution < 1.29 is 4.39 Å². The molecule has 90 valence electrons. The van der Waals surface area contributed by atoms with Gasteiger partial charge in [0.2, 0.25) is 0 Å². The van der Waals surface area contributed by atoms with Gasteiger partial charge in [0.1, 0.15) is 5.82 Å². The monoisotopic (exact) mass is 287 g/mol. The van der Waals surface area contributed by atoms with Gasteiger partial charge in [0.15, 0.2) is 0 Å². The lowest BCUT2D eigenvalue weighted by Crippen LogP contribution is -2.01. The van der Waals surface area contributed by atoms with Crippen LogP contribution < -0.4 is 5.73 Å². The van der Waals surface area contributed by atoms with E-state index in [4.69, 9.17) is 5.73 Å². The van der Waals surface area contributed by atoms with Gasteiger partial charge in [0, 0.05) is 0 Å². The van der Waals surface area contributed by atoms with E-state index in [-0.39, 0.29) is 11.7 Å². The first kappa shape index (κ1) is 13.7. The minimum atomic E-state index is -0.127. The van der Waals surface area contributed by atoms with Crippen molar-refractivity contribution in [3.05, 3.63) is 33.5 Å². The Kier molecular flexibility index (Phi) is 5.42. The predicted octanol–water partition coefficient (Wildman–Crippen LogP) is 3.99. The topological polar surface area (TPSA) is 26.0 Å². The molecule has 0 spiro atoms. The standard InChI is InChI=1S/C13H19BrFN/c1-9(2)11-7-10(5-3-4-6-16)8-12(14)13(11)15/h7-9H,3-6,16H2,1-2H3. The molecular formula is C13H19BrFN. The molecule has 0 aliphatic carbocycles. The van der Waals surface area contributed by atoms with Crippen molar-refractivity contribution in [1.29, 1.82) is 0 Å². The third-order valence-corrected chi connectivity index (χ3v) is 3.23. The second kappa shape index (κ2) is 6.36. The van der Waals surface area contributed by atoms with Crippen LogP contribution in [0.3, 0.4) is 0 Å². The van der Waals surface area contributed by atoms with Gasteiger partial charge in [-0.25, -0.2) is 4.39 Å². The van der Waals surface area contributed by atoms with Gasteiger partial charge in [-0.1, -0.05) is 19.9 Å². The molecule has 16 heavy (non-hydrogen) atoms. The molecule has 0 radical (unpaired) electrons. The molecule has 1 aromatic carbocycles. The first-order chi connectivity index (χ1) is 7.56. The van der Waals surface area contributed by atoms with Crippen molar-refractivity contribution in [2.75, 3.05) is 6.54 Å². The molecule has 0 heterocycles. The molecule has 0 unspecified atom stereocenters. The molecule has 2 N–H and O–H groups in total. The molecule has 0 bridgehead atoms. The maximum Gasteiger partial charge on any atom is 0.140 e. The Balaban J connectivity index is 2.86. The van der Waals surface area contributed by atoms with Gasteiger partial charge < -0.3 is 5.73 Å². The van der Waals surface area contributed by atoms with E-state index < -0.39 is 0 Å². The summed E-state index contributed by atoms with van der Waals surface area (Å²) in [6.07, 6.45) is 3.05. The van der Waals surface area contributed by atoms with Crippen molar-refractivity contribution in [1.82, 2.24) is 0 Å². The quantitative estimate of drug-likeness (QED) is 0.814. The number of rotatable bonds is 5. The summed E-state index contributed by atoms with van der Waals surface area (Å²) in [6.45, 7) is 4.74. The molecule has 1 aromatic rings. The highest BCUT2D eigenvalue weighted by molar-refractivity contribution is 9.10. The SMILES string of the molecule is CC(C)c1cc(CCCCN)cc(Br)c1F. The highest BCUT2D eigenvalue weighted by Crippen LogP contribution is 2.27. The average Bonchev–Trinajstić information content (AvgIpc) is 2.23. The van der Waals surface area contributed by atoms with Crippen LogP contribution in [0.5, 0.6) is 0 Å². The predicted molar refractivity (Wildman–Crippen MR) is 70.2 cm³/mol. The molecule has 0 aliphatic heterocycles. The van der Waals surface area contributed by atoms with Crippen molar-refractivity contribution in [2.45, 2.75) is 39.0 Å². The molecular weight excluding hydrogens is 269 g/mol. The average molecular weight is 288 g/mol. The third kappa shape index (κ3) is 3.56. The smallest absolute Gasteiger partial charge is 0.140 e. The maximum absolute atomic E-state index is 13.8. The number of aryl methyl sites for hydroxylation is 1. The zero-order chi connectivity index (χ0) is 12.1. The summed E-state index contributed by atoms with van der Waals surface area (Å²) in [4.78, 5) is 0. The minimum absolute atomic E-state index is 0.127. The van der Waals surface area contributed by atoms with Crippen LogP contribution in [-0.2, 0) is 6.42 Å². The molecule has 1 nitrogen and oxygen atoms in total. The first-order valence-corrected chi connectivity index (χ1v) is 6.53. The van der Waals surface area contributed by atoms with Gasteiger partial charge in [-0.2, -0.15) is 0 Å². The molecule has 0 aromatic heterocycles. The summed E-state index contributed by atoms with van der Waals surface area (Å²) >= 11 is 3.27. The van der Waals surface area contributed by atoms with E-state index in [0.29, 0.717) is 4.47 Å². The van der Waals surface area contributed by atoms with E-state index in [1.54, 1.807) is 0 Å². The number of benzene rings is 1.